The molecule has 1 unspecified atom stereocenters. The first-order valence-electron chi connectivity index (χ1n) is 28.1. The molecule has 0 saturated carbocycles. The Hall–Kier alpha value is -1.91. The topological polar surface area (TPSA) is 83.5 Å². The number of rotatable bonds is 48. The van der Waals surface area contributed by atoms with Gasteiger partial charge in [0.25, 0.3) is 5.91 Å². The number of carbonyl (C=O) groups excluding carboxylic acids is 2. The van der Waals surface area contributed by atoms with Crippen molar-refractivity contribution in [1.29, 1.82) is 0 Å². The molecule has 5 nitrogen and oxygen atoms in total. The lowest BCUT2D eigenvalue weighted by Crippen LogP contribution is -2.30. The van der Waals surface area contributed by atoms with E-state index in [9.17, 15) is 14.4 Å². The van der Waals surface area contributed by atoms with Crippen LogP contribution in [-0.2, 0) is 14.4 Å². The summed E-state index contributed by atoms with van der Waals surface area (Å²) in [6.45, 7) is 9.32. The zero-order valence-electron chi connectivity index (χ0n) is 42.7. The standard InChI is InChI=1S/C58H107NO4/c1-52(2)46-40-34-28-22-16-10-8-12-18-24-30-36-42-48-54-56(62)59-57(63)58(54,51-45-39-33-27-21-15-9-11-17-23-29-35-41-47-53(3)4)50-44-38-32-26-20-14-7-5-6-13-19-25-31-37-43-49-55(60)61/h45,48,51-53H,5-44,46-47,49-50H2,1-4H3,(H,60,61)(H,59,62,63). The first kappa shape index (κ1) is 59.1. The number of hydrogen-bond acceptors (Lipinski definition) is 3. The lowest BCUT2D eigenvalue weighted by molar-refractivity contribution is -0.137. The summed E-state index contributed by atoms with van der Waals surface area (Å²) in [6, 6.07) is 0. The fourth-order valence-corrected chi connectivity index (χ4v) is 9.76. The molecule has 0 aromatic heterocycles. The molecule has 1 heterocycles. The quantitative estimate of drug-likeness (QED) is 0.0276. The number of hydrogen-bond donors (Lipinski definition) is 2. The Kier molecular flexibility index (Phi) is 40.1. The Morgan fingerprint density at radius 2 is 0.778 bits per heavy atom. The molecule has 63 heavy (non-hydrogen) atoms. The van der Waals surface area contributed by atoms with E-state index in [1.54, 1.807) is 0 Å². The van der Waals surface area contributed by atoms with Gasteiger partial charge < -0.3 is 5.11 Å². The Balaban J connectivity index is 2.45. The predicted molar refractivity (Wildman–Crippen MR) is 273 cm³/mol. The third-order valence-corrected chi connectivity index (χ3v) is 14.0. The van der Waals surface area contributed by atoms with Gasteiger partial charge >= 0.3 is 5.97 Å². The highest BCUT2D eigenvalue weighted by molar-refractivity contribution is 6.18. The second-order valence-corrected chi connectivity index (χ2v) is 21.0. The molecule has 1 saturated heterocycles. The fraction of sp³-hybridized carbons (Fsp3) is 0.879. The molecule has 1 fully saturated rings. The molecule has 0 aromatic carbocycles. The third-order valence-electron chi connectivity index (χ3n) is 14.0. The lowest BCUT2D eigenvalue weighted by Gasteiger charge is -2.23. The molecule has 0 bridgehead atoms. The van der Waals surface area contributed by atoms with Gasteiger partial charge in [0.1, 0.15) is 0 Å². The van der Waals surface area contributed by atoms with Gasteiger partial charge in [-0.25, -0.2) is 0 Å². The normalized spacial score (nSPS) is 16.2. The van der Waals surface area contributed by atoms with Crippen molar-refractivity contribution in [3.05, 3.63) is 23.8 Å². The van der Waals surface area contributed by atoms with Crippen LogP contribution in [0.2, 0.25) is 0 Å². The van der Waals surface area contributed by atoms with Crippen LogP contribution in [0.25, 0.3) is 0 Å². The zero-order chi connectivity index (χ0) is 45.9. The molecule has 368 valence electrons. The van der Waals surface area contributed by atoms with Crippen molar-refractivity contribution in [1.82, 2.24) is 5.32 Å². The van der Waals surface area contributed by atoms with Crippen LogP contribution in [0.1, 0.15) is 310 Å². The van der Waals surface area contributed by atoms with E-state index in [4.69, 9.17) is 5.11 Å². The summed E-state index contributed by atoms with van der Waals surface area (Å²) in [6.07, 6.45) is 61.0. The summed E-state index contributed by atoms with van der Waals surface area (Å²) in [5.74, 6) is 0.765. The van der Waals surface area contributed by atoms with E-state index in [0.717, 1.165) is 75.2 Å². The summed E-state index contributed by atoms with van der Waals surface area (Å²) in [5, 5.41) is 11.5. The number of nitrogens with one attached hydrogen (secondary N) is 1. The maximum Gasteiger partial charge on any atom is 0.303 e. The summed E-state index contributed by atoms with van der Waals surface area (Å²) < 4.78 is 0. The second kappa shape index (κ2) is 42.7. The molecule has 1 aliphatic heterocycles. The van der Waals surface area contributed by atoms with E-state index in [1.807, 2.05) is 0 Å². The van der Waals surface area contributed by atoms with Crippen molar-refractivity contribution < 1.29 is 19.5 Å². The number of allylic oxidation sites excluding steroid dienone is 2. The largest absolute Gasteiger partial charge is 0.481 e. The van der Waals surface area contributed by atoms with E-state index in [1.165, 1.54) is 218 Å². The minimum atomic E-state index is -0.793. The van der Waals surface area contributed by atoms with Crippen molar-refractivity contribution in [3.8, 4) is 0 Å². The molecule has 2 amide bonds. The van der Waals surface area contributed by atoms with Gasteiger partial charge in [-0.2, -0.15) is 0 Å². The van der Waals surface area contributed by atoms with E-state index in [0.29, 0.717) is 6.42 Å². The molecule has 0 spiro atoms. The summed E-state index contributed by atoms with van der Waals surface area (Å²) in [7, 11) is 0. The average molecular weight is 882 g/mol. The first-order valence-corrected chi connectivity index (χ1v) is 28.1. The van der Waals surface area contributed by atoms with Crippen LogP contribution in [0.15, 0.2) is 23.8 Å². The Bertz CT molecular complexity index is 1140. The highest BCUT2D eigenvalue weighted by atomic mass is 16.4. The van der Waals surface area contributed by atoms with Crippen LogP contribution in [0, 0.1) is 17.3 Å². The fourth-order valence-electron chi connectivity index (χ4n) is 9.76. The van der Waals surface area contributed by atoms with E-state index < -0.39 is 11.4 Å². The lowest BCUT2D eigenvalue weighted by atomic mass is 9.76. The Morgan fingerprint density at radius 3 is 1.14 bits per heavy atom. The van der Waals surface area contributed by atoms with Crippen molar-refractivity contribution >= 4 is 17.8 Å². The van der Waals surface area contributed by atoms with E-state index >= 15 is 0 Å². The van der Waals surface area contributed by atoms with Gasteiger partial charge in [-0.3, -0.25) is 19.7 Å². The van der Waals surface area contributed by atoms with Crippen molar-refractivity contribution in [2.24, 2.45) is 17.3 Å². The van der Waals surface area contributed by atoms with Gasteiger partial charge in [0.15, 0.2) is 0 Å². The first-order chi connectivity index (χ1) is 30.7. The van der Waals surface area contributed by atoms with Gasteiger partial charge in [-0.1, -0.05) is 283 Å². The molecule has 0 aliphatic carbocycles. The van der Waals surface area contributed by atoms with Crippen LogP contribution >= 0.6 is 0 Å². The van der Waals surface area contributed by atoms with Gasteiger partial charge in [0.05, 0.1) is 5.41 Å². The van der Waals surface area contributed by atoms with Crippen LogP contribution in [0.5, 0.6) is 0 Å². The van der Waals surface area contributed by atoms with E-state index in [-0.39, 0.29) is 11.8 Å². The Labute approximate surface area is 392 Å². The molecule has 5 heteroatoms. The van der Waals surface area contributed by atoms with Crippen molar-refractivity contribution in [2.45, 2.75) is 310 Å². The molecule has 1 atom stereocenters. The SMILES string of the molecule is CC(C)CCCCCCCCCCCCCC=CC1(CCCCCCCCCCCCCCCCCC(=O)O)C(=O)NC(=O)C1=CCCCCCCCCCCCCCCC(C)C. The molecule has 0 radical (unpaired) electrons. The maximum atomic E-state index is 13.7. The average Bonchev–Trinajstić information content (AvgIpc) is 3.48. The molecular formula is C58H107NO4. The maximum absolute atomic E-state index is 13.7. The summed E-state index contributed by atoms with van der Waals surface area (Å²) in [4.78, 5) is 37.6. The smallest absolute Gasteiger partial charge is 0.303 e. The van der Waals surface area contributed by atoms with Crippen LogP contribution in [0.4, 0.5) is 0 Å². The minimum Gasteiger partial charge on any atom is -0.481 e. The predicted octanol–water partition coefficient (Wildman–Crippen LogP) is 18.7. The van der Waals surface area contributed by atoms with Crippen molar-refractivity contribution in [2.75, 3.05) is 0 Å². The minimum absolute atomic E-state index is 0.0938. The van der Waals surface area contributed by atoms with Crippen LogP contribution < -0.4 is 5.32 Å². The number of aliphatic carboxylic acids is 1. The van der Waals surface area contributed by atoms with Gasteiger partial charge in [0, 0.05) is 12.0 Å². The van der Waals surface area contributed by atoms with Gasteiger partial charge in [-0.05, 0) is 50.4 Å². The molecule has 1 rings (SSSR count). The van der Waals surface area contributed by atoms with Gasteiger partial charge in [-0.15, -0.1) is 0 Å². The highest BCUT2D eigenvalue weighted by Crippen LogP contribution is 2.41. The zero-order valence-corrected chi connectivity index (χ0v) is 42.7. The summed E-state index contributed by atoms with van der Waals surface area (Å²) >= 11 is 0. The number of carboxylic acids is 1. The monoisotopic (exact) mass is 882 g/mol. The number of imide groups is 1. The van der Waals surface area contributed by atoms with Crippen LogP contribution in [0.3, 0.4) is 0 Å². The highest BCUT2D eigenvalue weighted by Gasteiger charge is 2.48. The summed E-state index contributed by atoms with van der Waals surface area (Å²) in [5.41, 5.74) is -0.0651. The number of unbranched alkanes of at least 4 members (excludes halogenated alkanes) is 37. The number of amides is 2. The molecule has 2 N–H and O–H groups in total. The van der Waals surface area contributed by atoms with Crippen molar-refractivity contribution in [3.63, 3.8) is 0 Å². The molecular weight excluding hydrogens is 775 g/mol. The van der Waals surface area contributed by atoms with Crippen LogP contribution in [-0.4, -0.2) is 22.9 Å². The second-order valence-electron chi connectivity index (χ2n) is 21.0. The number of carbonyl (C=O) groups is 3. The van der Waals surface area contributed by atoms with Gasteiger partial charge in [0.2, 0.25) is 5.91 Å². The van der Waals surface area contributed by atoms with E-state index in [2.05, 4.69) is 51.2 Å². The molecule has 0 aromatic rings. The Morgan fingerprint density at radius 1 is 0.460 bits per heavy atom. The molecule has 1 aliphatic rings. The third kappa shape index (κ3) is 35.0. The number of carboxylic acid groups (broad SMARTS) is 1.